The molecule has 2 aromatic heterocycles. The third-order valence-electron chi connectivity index (χ3n) is 2.87. The molecule has 9 nitrogen and oxygen atoms in total. The first kappa shape index (κ1) is 17.2. The lowest BCUT2D eigenvalue weighted by molar-refractivity contribution is 0.0656. The Morgan fingerprint density at radius 1 is 1.35 bits per heavy atom. The van der Waals surface area contributed by atoms with Crippen LogP contribution in [-0.4, -0.2) is 29.6 Å². The summed E-state index contributed by atoms with van der Waals surface area (Å²) in [6.07, 6.45) is 0. The van der Waals surface area contributed by atoms with E-state index in [1.807, 2.05) is 20.8 Å². The summed E-state index contributed by atoms with van der Waals surface area (Å²) in [5.41, 5.74) is -0.336. The van der Waals surface area contributed by atoms with Gasteiger partial charge in [0.25, 0.3) is 10.0 Å². The molecule has 10 heteroatoms. The molecular formula is C13H17N3O6S. The highest BCUT2D eigenvalue weighted by molar-refractivity contribution is 7.89. The second-order valence-corrected chi connectivity index (χ2v) is 7.62. The first-order chi connectivity index (χ1) is 10.5. The normalized spacial score (nSPS) is 13.9. The summed E-state index contributed by atoms with van der Waals surface area (Å²) in [4.78, 5) is 14.9. The zero-order valence-corrected chi connectivity index (χ0v) is 13.8. The van der Waals surface area contributed by atoms with Crippen molar-refractivity contribution in [1.29, 1.82) is 0 Å². The molecule has 2 heterocycles. The molecule has 0 aliphatic carbocycles. The van der Waals surface area contributed by atoms with Crippen LogP contribution in [0, 0.1) is 0 Å². The summed E-state index contributed by atoms with van der Waals surface area (Å²) in [7, 11) is -4.05. The first-order valence-electron chi connectivity index (χ1n) is 6.70. The van der Waals surface area contributed by atoms with Gasteiger partial charge in [-0.2, -0.15) is 9.71 Å². The van der Waals surface area contributed by atoms with Gasteiger partial charge in [0.1, 0.15) is 0 Å². The van der Waals surface area contributed by atoms with Gasteiger partial charge in [-0.05, 0) is 19.1 Å². The molecule has 0 fully saturated rings. The van der Waals surface area contributed by atoms with Crippen LogP contribution < -0.4 is 4.72 Å². The van der Waals surface area contributed by atoms with Crippen LogP contribution in [0.2, 0.25) is 0 Å². The monoisotopic (exact) mass is 343 g/mol. The number of nitrogens with zero attached hydrogens (tertiary/aromatic N) is 2. The number of furan rings is 1. The molecular weight excluding hydrogens is 326 g/mol. The summed E-state index contributed by atoms with van der Waals surface area (Å²) in [5.74, 6) is -1.27. The highest BCUT2D eigenvalue weighted by Crippen LogP contribution is 2.22. The number of hydrogen-bond donors (Lipinski definition) is 2. The number of sulfonamides is 1. The number of carbonyl (C=O) groups is 1. The molecule has 126 valence electrons. The molecule has 1 atom stereocenters. The average Bonchev–Trinajstić information content (AvgIpc) is 3.07. The third-order valence-corrected chi connectivity index (χ3v) is 4.28. The molecule has 0 saturated carbocycles. The molecule has 2 rings (SSSR count). The van der Waals surface area contributed by atoms with Gasteiger partial charge in [-0.3, -0.25) is 0 Å². The van der Waals surface area contributed by atoms with Crippen molar-refractivity contribution in [3.8, 4) is 0 Å². The minimum Gasteiger partial charge on any atom is -0.475 e. The van der Waals surface area contributed by atoms with Gasteiger partial charge in [0.05, 0.1) is 6.04 Å². The Morgan fingerprint density at radius 2 is 2.00 bits per heavy atom. The fourth-order valence-corrected chi connectivity index (χ4v) is 2.77. The predicted molar refractivity (Wildman–Crippen MR) is 77.4 cm³/mol. The van der Waals surface area contributed by atoms with Crippen molar-refractivity contribution in [2.75, 3.05) is 0 Å². The molecule has 0 aliphatic rings. The Morgan fingerprint density at radius 3 is 2.48 bits per heavy atom. The van der Waals surface area contributed by atoms with E-state index >= 15 is 0 Å². The summed E-state index contributed by atoms with van der Waals surface area (Å²) in [6, 6.07) is 1.32. The molecule has 0 saturated heterocycles. The summed E-state index contributed by atoms with van der Waals surface area (Å²) in [5, 5.41) is 12.1. The van der Waals surface area contributed by atoms with E-state index in [1.54, 1.807) is 0 Å². The van der Waals surface area contributed by atoms with E-state index < -0.39 is 32.9 Å². The lowest BCUT2D eigenvalue weighted by Crippen LogP contribution is -2.27. The number of carboxylic acids is 1. The molecule has 23 heavy (non-hydrogen) atoms. The van der Waals surface area contributed by atoms with Crippen LogP contribution in [0.1, 0.15) is 56.0 Å². The van der Waals surface area contributed by atoms with E-state index in [1.165, 1.54) is 6.92 Å². The van der Waals surface area contributed by atoms with Gasteiger partial charge >= 0.3 is 5.97 Å². The number of hydrogen-bond acceptors (Lipinski definition) is 7. The Bertz CT molecular complexity index is 815. The number of carboxylic acid groups (broad SMARTS) is 1. The molecule has 0 aromatic carbocycles. The standard InChI is InChI=1S/C13H17N3O6S/c1-7(10-14-12(15-22-10)13(2,3)4)16-23(19,20)9-6-5-8(21-9)11(17)18/h5-7,16H,1-4H3,(H,17,18). The van der Waals surface area contributed by atoms with Crippen molar-refractivity contribution in [3.63, 3.8) is 0 Å². The fraction of sp³-hybridized carbons (Fsp3) is 0.462. The maximum absolute atomic E-state index is 12.2. The Labute approximate surface area is 132 Å². The van der Waals surface area contributed by atoms with E-state index in [0.717, 1.165) is 12.1 Å². The van der Waals surface area contributed by atoms with Crippen LogP contribution in [0.4, 0.5) is 0 Å². The second-order valence-electron chi connectivity index (χ2n) is 5.97. The first-order valence-corrected chi connectivity index (χ1v) is 8.18. The second kappa shape index (κ2) is 5.78. The summed E-state index contributed by atoms with van der Waals surface area (Å²) < 4.78 is 36.5. The Balaban J connectivity index is 2.19. The molecule has 1 unspecified atom stereocenters. The fourth-order valence-electron chi connectivity index (χ4n) is 1.64. The number of rotatable bonds is 5. The Hall–Kier alpha value is -2.20. The molecule has 0 bridgehead atoms. The topological polar surface area (TPSA) is 136 Å². The van der Waals surface area contributed by atoms with E-state index in [2.05, 4.69) is 14.9 Å². The predicted octanol–water partition coefficient (Wildman–Crippen LogP) is 1.70. The van der Waals surface area contributed by atoms with Gasteiger partial charge in [0.15, 0.2) is 5.82 Å². The van der Waals surface area contributed by atoms with Gasteiger partial charge in [0, 0.05) is 5.41 Å². The van der Waals surface area contributed by atoms with Crippen molar-refractivity contribution >= 4 is 16.0 Å². The van der Waals surface area contributed by atoms with Crippen LogP contribution in [-0.2, 0) is 15.4 Å². The van der Waals surface area contributed by atoms with E-state index in [4.69, 9.17) is 14.0 Å². The summed E-state index contributed by atoms with van der Waals surface area (Å²) >= 11 is 0. The zero-order valence-electron chi connectivity index (χ0n) is 13.0. The van der Waals surface area contributed by atoms with Crippen LogP contribution in [0.15, 0.2) is 26.2 Å². The average molecular weight is 343 g/mol. The summed E-state index contributed by atoms with van der Waals surface area (Å²) in [6.45, 7) is 7.21. The molecule has 2 N–H and O–H groups in total. The lowest BCUT2D eigenvalue weighted by atomic mass is 9.96. The van der Waals surface area contributed by atoms with Gasteiger partial charge in [-0.1, -0.05) is 25.9 Å². The van der Waals surface area contributed by atoms with E-state index in [9.17, 15) is 13.2 Å². The van der Waals surface area contributed by atoms with Crippen LogP contribution in [0.3, 0.4) is 0 Å². The third kappa shape index (κ3) is 3.77. The quantitative estimate of drug-likeness (QED) is 0.837. The highest BCUT2D eigenvalue weighted by Gasteiger charge is 2.28. The van der Waals surface area contributed by atoms with Crippen molar-refractivity contribution in [2.24, 2.45) is 0 Å². The number of nitrogens with one attached hydrogen (secondary N) is 1. The molecule has 0 amide bonds. The van der Waals surface area contributed by atoms with Crippen LogP contribution in [0.5, 0.6) is 0 Å². The molecule has 0 aliphatic heterocycles. The van der Waals surface area contributed by atoms with Crippen LogP contribution >= 0.6 is 0 Å². The zero-order chi connectivity index (χ0) is 17.4. The maximum Gasteiger partial charge on any atom is 0.371 e. The van der Waals surface area contributed by atoms with Gasteiger partial charge in [-0.25, -0.2) is 13.2 Å². The van der Waals surface area contributed by atoms with Crippen molar-refractivity contribution in [2.45, 2.75) is 44.2 Å². The smallest absolute Gasteiger partial charge is 0.371 e. The largest absolute Gasteiger partial charge is 0.475 e. The lowest BCUT2D eigenvalue weighted by Gasteiger charge is -2.11. The molecule has 0 spiro atoms. The van der Waals surface area contributed by atoms with Gasteiger partial charge in [0.2, 0.25) is 16.7 Å². The van der Waals surface area contributed by atoms with E-state index in [-0.39, 0.29) is 11.3 Å². The highest BCUT2D eigenvalue weighted by atomic mass is 32.2. The number of aromatic carboxylic acids is 1. The minimum atomic E-state index is -4.05. The Kier molecular flexibility index (Phi) is 4.31. The van der Waals surface area contributed by atoms with Crippen molar-refractivity contribution in [3.05, 3.63) is 29.6 Å². The SMILES string of the molecule is CC(NS(=O)(=O)c1ccc(C(=O)O)o1)c1nc(C(C)(C)C)no1. The number of aromatic nitrogens is 2. The van der Waals surface area contributed by atoms with Crippen molar-refractivity contribution < 1.29 is 27.3 Å². The molecule has 0 radical (unpaired) electrons. The maximum atomic E-state index is 12.2. The van der Waals surface area contributed by atoms with Gasteiger partial charge in [-0.15, -0.1) is 0 Å². The molecule has 2 aromatic rings. The van der Waals surface area contributed by atoms with E-state index in [0.29, 0.717) is 5.82 Å². The van der Waals surface area contributed by atoms with Crippen molar-refractivity contribution in [1.82, 2.24) is 14.9 Å². The minimum absolute atomic E-state index is 0.100. The van der Waals surface area contributed by atoms with Crippen LogP contribution in [0.25, 0.3) is 0 Å². The van der Waals surface area contributed by atoms with Gasteiger partial charge < -0.3 is 14.0 Å².